The fourth-order valence-corrected chi connectivity index (χ4v) is 3.28. The first-order valence-corrected chi connectivity index (χ1v) is 7.59. The molecule has 0 amide bonds. The Bertz CT molecular complexity index is 716. The second-order valence-electron chi connectivity index (χ2n) is 4.92. The molecule has 1 saturated heterocycles. The highest BCUT2D eigenvalue weighted by Crippen LogP contribution is 2.37. The van der Waals surface area contributed by atoms with Gasteiger partial charge < -0.3 is 9.47 Å². The SMILES string of the molecule is c1ccc(C(Oc2cccc3ccsc23)[C@H]2CO2)cc1. The summed E-state index contributed by atoms with van der Waals surface area (Å²) >= 11 is 1.72. The van der Waals surface area contributed by atoms with E-state index in [0.29, 0.717) is 0 Å². The number of hydrogen-bond acceptors (Lipinski definition) is 3. The van der Waals surface area contributed by atoms with Crippen LogP contribution >= 0.6 is 11.3 Å². The van der Waals surface area contributed by atoms with Crippen LogP contribution in [0.5, 0.6) is 5.75 Å². The van der Waals surface area contributed by atoms with Gasteiger partial charge in [-0.1, -0.05) is 42.5 Å². The van der Waals surface area contributed by atoms with E-state index >= 15 is 0 Å². The first-order chi connectivity index (χ1) is 9.92. The zero-order valence-corrected chi connectivity index (χ0v) is 11.7. The molecule has 0 N–H and O–H groups in total. The molecule has 0 saturated carbocycles. The van der Waals surface area contributed by atoms with Gasteiger partial charge in [-0.25, -0.2) is 0 Å². The summed E-state index contributed by atoms with van der Waals surface area (Å²) < 4.78 is 13.0. The third kappa shape index (κ3) is 2.19. The summed E-state index contributed by atoms with van der Waals surface area (Å²) in [5.41, 5.74) is 1.17. The highest BCUT2D eigenvalue weighted by atomic mass is 32.1. The molecule has 1 aromatic heterocycles. The minimum absolute atomic E-state index is 0.0242. The van der Waals surface area contributed by atoms with Crippen molar-refractivity contribution in [1.82, 2.24) is 0 Å². The summed E-state index contributed by atoms with van der Waals surface area (Å²) in [6.07, 6.45) is 0.150. The first-order valence-electron chi connectivity index (χ1n) is 6.71. The fourth-order valence-electron chi connectivity index (χ4n) is 2.43. The molecule has 2 atom stereocenters. The number of hydrogen-bond donors (Lipinski definition) is 0. The fraction of sp³-hybridized carbons (Fsp3) is 0.176. The summed E-state index contributed by atoms with van der Waals surface area (Å²) in [6, 6.07) is 18.6. The van der Waals surface area contributed by atoms with Gasteiger partial charge in [0.1, 0.15) is 11.9 Å². The lowest BCUT2D eigenvalue weighted by atomic mass is 10.1. The third-order valence-electron chi connectivity index (χ3n) is 3.52. The Morgan fingerprint density at radius 1 is 1.05 bits per heavy atom. The van der Waals surface area contributed by atoms with Gasteiger partial charge in [-0.3, -0.25) is 0 Å². The van der Waals surface area contributed by atoms with Gasteiger partial charge in [-0.15, -0.1) is 11.3 Å². The molecular formula is C17H14O2S. The van der Waals surface area contributed by atoms with Crippen LogP contribution in [0, 0.1) is 0 Å². The second kappa shape index (κ2) is 4.93. The molecule has 4 rings (SSSR count). The first kappa shape index (κ1) is 11.9. The number of benzene rings is 2. The van der Waals surface area contributed by atoms with Crippen molar-refractivity contribution >= 4 is 21.4 Å². The quantitative estimate of drug-likeness (QED) is 0.661. The Balaban J connectivity index is 1.70. The molecule has 0 bridgehead atoms. The lowest BCUT2D eigenvalue weighted by Gasteiger charge is -2.18. The van der Waals surface area contributed by atoms with Crippen LogP contribution in [0.2, 0.25) is 0 Å². The molecular weight excluding hydrogens is 268 g/mol. The average molecular weight is 282 g/mol. The number of rotatable bonds is 4. The topological polar surface area (TPSA) is 21.8 Å². The van der Waals surface area contributed by atoms with Gasteiger partial charge in [0.25, 0.3) is 0 Å². The van der Waals surface area contributed by atoms with Crippen LogP contribution in [0.3, 0.4) is 0 Å². The monoisotopic (exact) mass is 282 g/mol. The maximum Gasteiger partial charge on any atom is 0.152 e. The molecule has 100 valence electrons. The molecule has 3 aromatic rings. The molecule has 0 aliphatic carbocycles. The van der Waals surface area contributed by atoms with Gasteiger partial charge in [0.15, 0.2) is 6.10 Å². The molecule has 1 fully saturated rings. The predicted octanol–water partition coefficient (Wildman–Crippen LogP) is 4.42. The summed E-state index contributed by atoms with van der Waals surface area (Å²) in [7, 11) is 0. The van der Waals surface area contributed by atoms with Crippen LogP contribution in [0.25, 0.3) is 10.1 Å². The zero-order chi connectivity index (χ0) is 13.4. The number of ether oxygens (including phenoxy) is 2. The molecule has 0 radical (unpaired) electrons. The zero-order valence-electron chi connectivity index (χ0n) is 10.9. The Labute approximate surface area is 121 Å². The molecule has 1 aliphatic rings. The normalized spacial score (nSPS) is 18.9. The van der Waals surface area contributed by atoms with E-state index in [1.54, 1.807) is 11.3 Å². The molecule has 1 unspecified atom stereocenters. The Kier molecular flexibility index (Phi) is 2.94. The van der Waals surface area contributed by atoms with E-state index in [0.717, 1.165) is 12.4 Å². The van der Waals surface area contributed by atoms with Gasteiger partial charge in [-0.2, -0.15) is 0 Å². The molecule has 2 heterocycles. The molecule has 2 nitrogen and oxygen atoms in total. The maximum absolute atomic E-state index is 6.28. The third-order valence-corrected chi connectivity index (χ3v) is 4.47. The van der Waals surface area contributed by atoms with Crippen molar-refractivity contribution in [2.45, 2.75) is 12.2 Å². The predicted molar refractivity (Wildman–Crippen MR) is 81.4 cm³/mol. The average Bonchev–Trinajstić information content (AvgIpc) is 3.22. The lowest BCUT2D eigenvalue weighted by molar-refractivity contribution is 0.164. The van der Waals surface area contributed by atoms with Crippen molar-refractivity contribution in [2.24, 2.45) is 0 Å². The summed E-state index contributed by atoms with van der Waals surface area (Å²) in [5.74, 6) is 0.946. The molecule has 2 aromatic carbocycles. The molecule has 0 spiro atoms. The van der Waals surface area contributed by atoms with Crippen molar-refractivity contribution in [2.75, 3.05) is 6.61 Å². The maximum atomic E-state index is 6.28. The summed E-state index contributed by atoms with van der Waals surface area (Å²) in [4.78, 5) is 0. The minimum atomic E-state index is -0.0242. The van der Waals surface area contributed by atoms with E-state index in [2.05, 4.69) is 29.6 Å². The number of epoxide rings is 1. The molecule has 1 aliphatic heterocycles. The smallest absolute Gasteiger partial charge is 0.152 e. The Morgan fingerprint density at radius 3 is 2.70 bits per heavy atom. The van der Waals surface area contributed by atoms with E-state index < -0.39 is 0 Å². The van der Waals surface area contributed by atoms with Gasteiger partial charge >= 0.3 is 0 Å². The molecule has 20 heavy (non-hydrogen) atoms. The van der Waals surface area contributed by atoms with Crippen LogP contribution in [-0.2, 0) is 4.74 Å². The number of thiophene rings is 1. The highest BCUT2D eigenvalue weighted by molar-refractivity contribution is 7.17. The van der Waals surface area contributed by atoms with Gasteiger partial charge in [0.05, 0.1) is 11.3 Å². The standard InChI is InChI=1S/C17H14O2S/c1-2-5-12(6-3-1)16(15-11-18-15)19-14-8-4-7-13-9-10-20-17(13)14/h1-10,15-16H,11H2/t15-,16?/m1/s1. The van der Waals surface area contributed by atoms with E-state index in [1.165, 1.54) is 15.6 Å². The van der Waals surface area contributed by atoms with Crippen molar-refractivity contribution in [3.8, 4) is 5.75 Å². The van der Waals surface area contributed by atoms with Crippen molar-refractivity contribution in [1.29, 1.82) is 0 Å². The van der Waals surface area contributed by atoms with Gasteiger partial charge in [0, 0.05) is 0 Å². The summed E-state index contributed by atoms with van der Waals surface area (Å²) in [6.45, 7) is 0.778. The van der Waals surface area contributed by atoms with Crippen LogP contribution < -0.4 is 4.74 Å². The van der Waals surface area contributed by atoms with Crippen LogP contribution in [0.15, 0.2) is 60.0 Å². The minimum Gasteiger partial charge on any atom is -0.481 e. The van der Waals surface area contributed by atoms with Gasteiger partial charge in [-0.05, 0) is 28.5 Å². The second-order valence-corrected chi connectivity index (χ2v) is 5.83. The summed E-state index contributed by atoms with van der Waals surface area (Å²) in [5, 5.41) is 3.33. The molecule has 3 heteroatoms. The van der Waals surface area contributed by atoms with Crippen LogP contribution in [0.1, 0.15) is 11.7 Å². The largest absolute Gasteiger partial charge is 0.481 e. The van der Waals surface area contributed by atoms with Crippen molar-refractivity contribution in [3.63, 3.8) is 0 Å². The lowest BCUT2D eigenvalue weighted by Crippen LogP contribution is -2.14. The van der Waals surface area contributed by atoms with Crippen molar-refractivity contribution < 1.29 is 9.47 Å². The van der Waals surface area contributed by atoms with E-state index in [1.807, 2.05) is 30.3 Å². The van der Waals surface area contributed by atoms with Crippen LogP contribution in [0.4, 0.5) is 0 Å². The van der Waals surface area contributed by atoms with E-state index in [-0.39, 0.29) is 12.2 Å². The Morgan fingerprint density at radius 2 is 1.90 bits per heavy atom. The van der Waals surface area contributed by atoms with Crippen molar-refractivity contribution in [3.05, 3.63) is 65.5 Å². The van der Waals surface area contributed by atoms with E-state index in [4.69, 9.17) is 9.47 Å². The van der Waals surface area contributed by atoms with E-state index in [9.17, 15) is 0 Å². The highest BCUT2D eigenvalue weighted by Gasteiger charge is 2.36. The number of fused-ring (bicyclic) bond motifs is 1. The van der Waals surface area contributed by atoms with Gasteiger partial charge in [0.2, 0.25) is 0 Å². The van der Waals surface area contributed by atoms with Crippen LogP contribution in [-0.4, -0.2) is 12.7 Å². The Hall–Kier alpha value is -1.84.